The summed E-state index contributed by atoms with van der Waals surface area (Å²) in [6.45, 7) is 7.88. The van der Waals surface area contributed by atoms with E-state index in [0.29, 0.717) is 5.92 Å². The lowest BCUT2D eigenvalue weighted by molar-refractivity contribution is -0.184. The smallest absolute Gasteiger partial charge is 0.118 e. The lowest BCUT2D eigenvalue weighted by Gasteiger charge is -2.53. The molecule has 0 radical (unpaired) electrons. The molecule has 4 rings (SSSR count). The molecule has 1 unspecified atom stereocenters. The highest BCUT2D eigenvalue weighted by molar-refractivity contribution is 5.09. The molecule has 0 bridgehead atoms. The summed E-state index contributed by atoms with van der Waals surface area (Å²) in [7, 11) is 2.19. The predicted molar refractivity (Wildman–Crippen MR) is 101 cm³/mol. The first-order valence-electron chi connectivity index (χ1n) is 9.59. The Hall–Kier alpha value is -1.69. The van der Waals surface area contributed by atoms with E-state index in [1.54, 1.807) is 0 Å². The van der Waals surface area contributed by atoms with Gasteiger partial charge in [0.15, 0.2) is 0 Å². The van der Waals surface area contributed by atoms with Crippen LogP contribution in [0.25, 0.3) is 0 Å². The number of ether oxygens (including phenoxy) is 1. The van der Waals surface area contributed by atoms with Gasteiger partial charge in [-0.25, -0.2) is 0 Å². The zero-order chi connectivity index (χ0) is 18.0. The van der Waals surface area contributed by atoms with Crippen molar-refractivity contribution in [3.05, 3.63) is 53.7 Å². The molecule has 26 heavy (non-hydrogen) atoms. The van der Waals surface area contributed by atoms with Crippen LogP contribution in [0, 0.1) is 12.8 Å². The Bertz CT molecular complexity index is 699. The van der Waals surface area contributed by atoms with E-state index < -0.39 is 0 Å². The van der Waals surface area contributed by atoms with Crippen molar-refractivity contribution < 1.29 is 9.15 Å². The molecule has 0 aromatic carbocycles. The van der Waals surface area contributed by atoms with Gasteiger partial charge in [0.25, 0.3) is 0 Å². The van der Waals surface area contributed by atoms with E-state index in [4.69, 9.17) is 9.15 Å². The molecular weight excluding hydrogens is 326 g/mol. The van der Waals surface area contributed by atoms with Crippen LogP contribution in [-0.4, -0.2) is 53.7 Å². The number of pyridine rings is 1. The van der Waals surface area contributed by atoms with Crippen LogP contribution in [0.5, 0.6) is 0 Å². The van der Waals surface area contributed by atoms with Crippen molar-refractivity contribution in [1.82, 2.24) is 14.8 Å². The monoisotopic (exact) mass is 355 g/mol. The summed E-state index contributed by atoms with van der Waals surface area (Å²) >= 11 is 0. The van der Waals surface area contributed by atoms with E-state index in [0.717, 1.165) is 50.9 Å². The van der Waals surface area contributed by atoms with Gasteiger partial charge in [0.2, 0.25) is 0 Å². The van der Waals surface area contributed by atoms with E-state index in [-0.39, 0.29) is 5.60 Å². The second-order valence-electron chi connectivity index (χ2n) is 8.11. The average Bonchev–Trinajstić information content (AvgIpc) is 3.01. The summed E-state index contributed by atoms with van der Waals surface area (Å²) in [6, 6.07) is 8.26. The molecule has 2 saturated heterocycles. The first-order chi connectivity index (χ1) is 12.6. The summed E-state index contributed by atoms with van der Waals surface area (Å²) < 4.78 is 12.0. The van der Waals surface area contributed by atoms with Crippen LogP contribution in [-0.2, 0) is 17.8 Å². The number of rotatable bonds is 6. The fourth-order valence-electron chi connectivity index (χ4n) is 4.29. The van der Waals surface area contributed by atoms with Crippen molar-refractivity contribution in [1.29, 1.82) is 0 Å². The van der Waals surface area contributed by atoms with Crippen molar-refractivity contribution in [2.24, 2.45) is 5.92 Å². The van der Waals surface area contributed by atoms with Crippen LogP contribution < -0.4 is 0 Å². The summed E-state index contributed by atoms with van der Waals surface area (Å²) in [5.41, 5.74) is 1.37. The maximum absolute atomic E-state index is 6.33. The van der Waals surface area contributed by atoms with E-state index in [1.807, 2.05) is 31.5 Å². The number of furan rings is 1. The molecule has 4 heterocycles. The molecule has 2 aromatic heterocycles. The Balaban J connectivity index is 1.19. The van der Waals surface area contributed by atoms with Crippen LogP contribution in [0.15, 0.2) is 41.1 Å². The number of aromatic nitrogens is 1. The topological polar surface area (TPSA) is 41.7 Å². The van der Waals surface area contributed by atoms with Gasteiger partial charge in [-0.05, 0) is 56.5 Å². The number of aryl methyl sites for hydroxylation is 1. The van der Waals surface area contributed by atoms with Gasteiger partial charge in [-0.3, -0.25) is 9.88 Å². The molecule has 1 spiro atoms. The molecule has 0 N–H and O–H groups in total. The van der Waals surface area contributed by atoms with E-state index in [1.165, 1.54) is 18.4 Å². The van der Waals surface area contributed by atoms with Crippen molar-refractivity contribution in [2.45, 2.75) is 38.5 Å². The number of nitrogens with zero attached hydrogens (tertiary/aromatic N) is 3. The normalized spacial score (nSPS) is 22.7. The van der Waals surface area contributed by atoms with E-state index in [2.05, 4.69) is 34.0 Å². The standard InChI is InChI=1S/C21H29N3O2/c1-17-5-6-20(26-17)13-24-15-21(16-24)8-7-19(14-25-21)12-23(2)11-18-4-3-9-22-10-18/h3-6,9-10,19H,7-8,11-16H2,1-2H3. The molecule has 0 aliphatic carbocycles. The summed E-state index contributed by atoms with van der Waals surface area (Å²) in [5.74, 6) is 2.68. The Morgan fingerprint density at radius 3 is 2.85 bits per heavy atom. The van der Waals surface area contributed by atoms with Crippen molar-refractivity contribution in [3.8, 4) is 0 Å². The predicted octanol–water partition coefficient (Wildman–Crippen LogP) is 3.10. The van der Waals surface area contributed by atoms with Gasteiger partial charge in [-0.15, -0.1) is 0 Å². The van der Waals surface area contributed by atoms with Gasteiger partial charge in [0.1, 0.15) is 11.5 Å². The van der Waals surface area contributed by atoms with Crippen molar-refractivity contribution in [3.63, 3.8) is 0 Å². The molecule has 0 amide bonds. The van der Waals surface area contributed by atoms with Gasteiger partial charge in [0.05, 0.1) is 18.8 Å². The molecule has 2 aromatic rings. The minimum Gasteiger partial charge on any atom is -0.465 e. The molecular formula is C21H29N3O2. The van der Waals surface area contributed by atoms with Crippen molar-refractivity contribution >= 4 is 0 Å². The lowest BCUT2D eigenvalue weighted by atomic mass is 9.82. The van der Waals surface area contributed by atoms with Crippen LogP contribution in [0.3, 0.4) is 0 Å². The fourth-order valence-corrected chi connectivity index (χ4v) is 4.29. The van der Waals surface area contributed by atoms with Gasteiger partial charge in [-0.1, -0.05) is 6.07 Å². The van der Waals surface area contributed by atoms with Crippen molar-refractivity contribution in [2.75, 3.05) is 33.3 Å². The van der Waals surface area contributed by atoms with Crippen LogP contribution in [0.2, 0.25) is 0 Å². The zero-order valence-electron chi connectivity index (χ0n) is 15.9. The largest absolute Gasteiger partial charge is 0.465 e. The molecule has 2 aliphatic heterocycles. The highest BCUT2D eigenvalue weighted by Gasteiger charge is 2.46. The first kappa shape index (κ1) is 17.7. The Kier molecular flexibility index (Phi) is 5.11. The van der Waals surface area contributed by atoms with E-state index in [9.17, 15) is 0 Å². The highest BCUT2D eigenvalue weighted by Crippen LogP contribution is 2.37. The summed E-state index contributed by atoms with van der Waals surface area (Å²) in [6.07, 6.45) is 6.20. The fraction of sp³-hybridized carbons (Fsp3) is 0.571. The second-order valence-corrected chi connectivity index (χ2v) is 8.11. The second kappa shape index (κ2) is 7.51. The Morgan fingerprint density at radius 1 is 1.31 bits per heavy atom. The minimum atomic E-state index is 0.0973. The van der Waals surface area contributed by atoms with Crippen LogP contribution in [0.4, 0.5) is 0 Å². The maximum atomic E-state index is 6.33. The summed E-state index contributed by atoms with van der Waals surface area (Å²) in [5, 5.41) is 0. The van der Waals surface area contributed by atoms with Gasteiger partial charge < -0.3 is 14.1 Å². The third-order valence-corrected chi connectivity index (χ3v) is 5.58. The quantitative estimate of drug-likeness (QED) is 0.796. The zero-order valence-corrected chi connectivity index (χ0v) is 15.9. The maximum Gasteiger partial charge on any atom is 0.118 e. The molecule has 5 nitrogen and oxygen atoms in total. The Labute approximate surface area is 156 Å². The SMILES string of the molecule is Cc1ccc(CN2CC3(CCC(CN(C)Cc4cccnc4)CO3)C2)o1. The molecule has 1 atom stereocenters. The summed E-state index contributed by atoms with van der Waals surface area (Å²) in [4.78, 5) is 9.01. The molecule has 2 fully saturated rings. The highest BCUT2D eigenvalue weighted by atomic mass is 16.5. The molecule has 0 saturated carbocycles. The number of hydrogen-bond donors (Lipinski definition) is 0. The third kappa shape index (κ3) is 4.17. The van der Waals surface area contributed by atoms with E-state index >= 15 is 0 Å². The number of likely N-dealkylation sites (tertiary alicyclic amines) is 1. The molecule has 5 heteroatoms. The van der Waals surface area contributed by atoms with Gasteiger partial charge in [-0.2, -0.15) is 0 Å². The van der Waals surface area contributed by atoms with Crippen LogP contribution >= 0.6 is 0 Å². The Morgan fingerprint density at radius 2 is 2.19 bits per heavy atom. The lowest BCUT2D eigenvalue weighted by Crippen LogP contribution is -2.64. The average molecular weight is 355 g/mol. The van der Waals surface area contributed by atoms with Gasteiger partial charge in [0, 0.05) is 38.6 Å². The third-order valence-electron chi connectivity index (χ3n) is 5.58. The van der Waals surface area contributed by atoms with Gasteiger partial charge >= 0.3 is 0 Å². The first-order valence-corrected chi connectivity index (χ1v) is 9.59. The number of hydrogen-bond acceptors (Lipinski definition) is 5. The molecule has 140 valence electrons. The minimum absolute atomic E-state index is 0.0973. The molecule has 2 aliphatic rings. The van der Waals surface area contributed by atoms with Crippen LogP contribution in [0.1, 0.15) is 29.9 Å².